The van der Waals surface area contributed by atoms with E-state index < -0.39 is 27.8 Å². The summed E-state index contributed by atoms with van der Waals surface area (Å²) in [4.78, 5) is 17.2. The SMILES string of the molecule is N#Cc1ccc(-c2csc(NC(=O)C3CCCN3S(=O)(=O)c3ccc(F)cc3)n2)cc1. The van der Waals surface area contributed by atoms with E-state index >= 15 is 0 Å². The number of nitrogens with one attached hydrogen (secondary N) is 1. The molecule has 158 valence electrons. The number of aromatic nitrogens is 1. The quantitative estimate of drug-likeness (QED) is 0.632. The third kappa shape index (κ3) is 4.34. The van der Waals surface area contributed by atoms with Crippen LogP contribution >= 0.6 is 11.3 Å². The number of sulfonamides is 1. The molecule has 0 spiro atoms. The predicted octanol–water partition coefficient (Wildman–Crippen LogP) is 3.61. The number of nitriles is 1. The first kappa shape index (κ1) is 21.1. The van der Waals surface area contributed by atoms with Gasteiger partial charge in [-0.3, -0.25) is 4.79 Å². The van der Waals surface area contributed by atoms with Crippen molar-refractivity contribution in [1.29, 1.82) is 5.26 Å². The van der Waals surface area contributed by atoms with Crippen molar-refractivity contribution in [2.24, 2.45) is 0 Å². The Hall–Kier alpha value is -3.13. The molecular formula is C21H17FN4O3S2. The lowest BCUT2D eigenvalue weighted by Gasteiger charge is -2.23. The molecule has 1 amide bonds. The monoisotopic (exact) mass is 456 g/mol. The Labute approximate surface area is 182 Å². The largest absolute Gasteiger partial charge is 0.301 e. The van der Waals surface area contributed by atoms with Crippen molar-refractivity contribution in [1.82, 2.24) is 9.29 Å². The maximum Gasteiger partial charge on any atom is 0.244 e. The molecule has 2 heterocycles. The second kappa shape index (κ2) is 8.55. The Morgan fingerprint density at radius 2 is 1.90 bits per heavy atom. The zero-order chi connectivity index (χ0) is 22.0. The molecule has 0 aliphatic carbocycles. The van der Waals surface area contributed by atoms with Gasteiger partial charge in [-0.1, -0.05) is 12.1 Å². The molecule has 1 fully saturated rings. The predicted molar refractivity (Wildman–Crippen MR) is 114 cm³/mol. The molecule has 1 aromatic heterocycles. The van der Waals surface area contributed by atoms with Gasteiger partial charge in [0.25, 0.3) is 0 Å². The van der Waals surface area contributed by atoms with Crippen LogP contribution in [0, 0.1) is 17.1 Å². The van der Waals surface area contributed by atoms with Crippen molar-refractivity contribution in [2.75, 3.05) is 11.9 Å². The van der Waals surface area contributed by atoms with E-state index in [1.807, 2.05) is 0 Å². The van der Waals surface area contributed by atoms with E-state index in [1.54, 1.807) is 29.6 Å². The van der Waals surface area contributed by atoms with Crippen LogP contribution in [0.1, 0.15) is 18.4 Å². The molecule has 0 radical (unpaired) electrons. The number of hydrogen-bond acceptors (Lipinski definition) is 6. The number of carbonyl (C=O) groups is 1. The van der Waals surface area contributed by atoms with E-state index in [-0.39, 0.29) is 11.4 Å². The van der Waals surface area contributed by atoms with E-state index in [0.29, 0.717) is 29.2 Å². The zero-order valence-corrected chi connectivity index (χ0v) is 17.8. The third-order valence-electron chi connectivity index (χ3n) is 4.97. The van der Waals surface area contributed by atoms with Crippen LogP contribution in [0.25, 0.3) is 11.3 Å². The topological polar surface area (TPSA) is 103 Å². The summed E-state index contributed by atoms with van der Waals surface area (Å²) in [6, 6.07) is 12.7. The summed E-state index contributed by atoms with van der Waals surface area (Å²) in [6.07, 6.45) is 0.937. The molecule has 31 heavy (non-hydrogen) atoms. The van der Waals surface area contributed by atoms with Gasteiger partial charge in [-0.15, -0.1) is 11.3 Å². The Morgan fingerprint density at radius 3 is 2.58 bits per heavy atom. The molecule has 1 unspecified atom stereocenters. The number of carbonyl (C=O) groups excluding carboxylic acids is 1. The van der Waals surface area contributed by atoms with Gasteiger partial charge in [-0.05, 0) is 49.2 Å². The lowest BCUT2D eigenvalue weighted by molar-refractivity contribution is -0.119. The average molecular weight is 457 g/mol. The van der Waals surface area contributed by atoms with Crippen molar-refractivity contribution in [2.45, 2.75) is 23.8 Å². The highest BCUT2D eigenvalue weighted by Crippen LogP contribution is 2.29. The number of anilines is 1. The fraction of sp³-hybridized carbons (Fsp3) is 0.190. The molecule has 1 aliphatic heterocycles. The summed E-state index contributed by atoms with van der Waals surface area (Å²) in [6.45, 7) is 0.214. The minimum atomic E-state index is -3.92. The zero-order valence-electron chi connectivity index (χ0n) is 16.2. The molecule has 0 saturated carbocycles. The molecule has 10 heteroatoms. The van der Waals surface area contributed by atoms with Crippen molar-refractivity contribution < 1.29 is 17.6 Å². The molecule has 7 nitrogen and oxygen atoms in total. The number of halogens is 1. The lowest BCUT2D eigenvalue weighted by atomic mass is 10.1. The van der Waals surface area contributed by atoms with Crippen molar-refractivity contribution >= 4 is 32.4 Å². The maximum absolute atomic E-state index is 13.2. The van der Waals surface area contributed by atoms with E-state index in [4.69, 9.17) is 5.26 Å². The van der Waals surface area contributed by atoms with Crippen LogP contribution in [0.3, 0.4) is 0 Å². The first-order chi connectivity index (χ1) is 14.9. The fourth-order valence-electron chi connectivity index (χ4n) is 3.40. The Bertz CT molecular complexity index is 1250. The number of rotatable bonds is 5. The highest BCUT2D eigenvalue weighted by molar-refractivity contribution is 7.89. The van der Waals surface area contributed by atoms with Crippen molar-refractivity contribution in [3.05, 3.63) is 65.3 Å². The molecule has 2 aromatic carbocycles. The smallest absolute Gasteiger partial charge is 0.244 e. The summed E-state index contributed by atoms with van der Waals surface area (Å²) in [5, 5.41) is 13.7. The molecule has 1 saturated heterocycles. The van der Waals surface area contributed by atoms with E-state index in [0.717, 1.165) is 22.0 Å². The van der Waals surface area contributed by atoms with E-state index in [9.17, 15) is 17.6 Å². The van der Waals surface area contributed by atoms with Crippen LogP contribution in [-0.2, 0) is 14.8 Å². The molecular weight excluding hydrogens is 439 g/mol. The van der Waals surface area contributed by atoms with Gasteiger partial charge in [0.15, 0.2) is 5.13 Å². The molecule has 1 aliphatic rings. The number of nitrogens with zero attached hydrogens (tertiary/aromatic N) is 3. The highest BCUT2D eigenvalue weighted by atomic mass is 32.2. The first-order valence-electron chi connectivity index (χ1n) is 9.43. The number of benzene rings is 2. The molecule has 0 bridgehead atoms. The van der Waals surface area contributed by atoms with E-state index in [2.05, 4.69) is 16.4 Å². The Balaban J connectivity index is 1.50. The summed E-state index contributed by atoms with van der Waals surface area (Å²) in [5.74, 6) is -0.986. The van der Waals surface area contributed by atoms with Crippen LogP contribution < -0.4 is 5.32 Å². The van der Waals surface area contributed by atoms with Crippen LogP contribution in [-0.4, -0.2) is 36.2 Å². The first-order valence-corrected chi connectivity index (χ1v) is 11.7. The Kier molecular flexibility index (Phi) is 5.82. The lowest BCUT2D eigenvalue weighted by Crippen LogP contribution is -2.43. The van der Waals surface area contributed by atoms with Gasteiger partial charge in [0.1, 0.15) is 11.9 Å². The van der Waals surface area contributed by atoms with E-state index in [1.165, 1.54) is 23.5 Å². The second-order valence-corrected chi connectivity index (χ2v) is 9.69. The highest BCUT2D eigenvalue weighted by Gasteiger charge is 2.39. The molecule has 3 aromatic rings. The average Bonchev–Trinajstić information content (AvgIpc) is 3.44. The summed E-state index contributed by atoms with van der Waals surface area (Å²) < 4.78 is 40.2. The van der Waals surface area contributed by atoms with Gasteiger partial charge in [0, 0.05) is 17.5 Å². The maximum atomic E-state index is 13.2. The molecule has 1 N–H and O–H groups in total. The minimum Gasteiger partial charge on any atom is -0.301 e. The fourth-order valence-corrected chi connectivity index (χ4v) is 5.78. The number of hydrogen-bond donors (Lipinski definition) is 1. The second-order valence-electron chi connectivity index (χ2n) is 6.94. The molecule has 4 rings (SSSR count). The minimum absolute atomic E-state index is 0.0500. The molecule has 1 atom stereocenters. The normalized spacial score (nSPS) is 16.7. The van der Waals surface area contributed by atoms with Crippen LogP contribution in [0.15, 0.2) is 58.8 Å². The summed E-state index contributed by atoms with van der Waals surface area (Å²) >= 11 is 1.23. The van der Waals surface area contributed by atoms with Gasteiger partial charge in [-0.25, -0.2) is 17.8 Å². The number of amides is 1. The van der Waals surface area contributed by atoms with Crippen molar-refractivity contribution in [3.8, 4) is 17.3 Å². The van der Waals surface area contributed by atoms with Gasteiger partial charge in [0.2, 0.25) is 15.9 Å². The third-order valence-corrected chi connectivity index (χ3v) is 7.65. The summed E-state index contributed by atoms with van der Waals surface area (Å²) in [5.41, 5.74) is 1.99. The Morgan fingerprint density at radius 1 is 1.19 bits per heavy atom. The van der Waals surface area contributed by atoms with Gasteiger partial charge < -0.3 is 5.32 Å². The summed E-state index contributed by atoms with van der Waals surface area (Å²) in [7, 11) is -3.92. The van der Waals surface area contributed by atoms with Crippen LogP contribution in [0.2, 0.25) is 0 Å². The van der Waals surface area contributed by atoms with Gasteiger partial charge in [0.05, 0.1) is 22.2 Å². The van der Waals surface area contributed by atoms with Gasteiger partial charge >= 0.3 is 0 Å². The van der Waals surface area contributed by atoms with Crippen molar-refractivity contribution in [3.63, 3.8) is 0 Å². The van der Waals surface area contributed by atoms with Gasteiger partial charge in [-0.2, -0.15) is 9.57 Å². The standard InChI is InChI=1S/C21H17FN4O3S2/c22-16-7-9-17(10-8-16)31(28,29)26-11-1-2-19(26)20(27)25-21-24-18(13-30-21)15-5-3-14(12-23)4-6-15/h3-10,13,19H,1-2,11H2,(H,24,25,27). The van der Waals surface area contributed by atoms with Crippen LogP contribution in [0.4, 0.5) is 9.52 Å². The number of thiazole rings is 1. The van der Waals surface area contributed by atoms with Crippen LogP contribution in [0.5, 0.6) is 0 Å².